The third-order valence-electron chi connectivity index (χ3n) is 4.33. The van der Waals surface area contributed by atoms with Crippen molar-refractivity contribution in [3.05, 3.63) is 70.0 Å². The first kappa shape index (κ1) is 18.7. The van der Waals surface area contributed by atoms with Crippen LogP contribution in [0, 0.1) is 0 Å². The van der Waals surface area contributed by atoms with Gasteiger partial charge in [0.1, 0.15) is 6.33 Å². The van der Waals surface area contributed by atoms with Gasteiger partial charge in [-0.15, -0.1) is 5.10 Å². The van der Waals surface area contributed by atoms with Crippen LogP contribution < -0.4 is 0 Å². The van der Waals surface area contributed by atoms with E-state index >= 15 is 0 Å². The predicted octanol–water partition coefficient (Wildman–Crippen LogP) is 4.55. The van der Waals surface area contributed by atoms with Crippen molar-refractivity contribution in [3.63, 3.8) is 0 Å². The van der Waals surface area contributed by atoms with Gasteiger partial charge in [0, 0.05) is 22.0 Å². The molecular formula is C17H10Cl2F3N5O. The lowest BCUT2D eigenvalue weighted by Crippen LogP contribution is -2.42. The minimum Gasteiger partial charge on any atom is -0.374 e. The van der Waals surface area contributed by atoms with Gasteiger partial charge in [-0.05, 0) is 46.3 Å². The second-order valence-electron chi connectivity index (χ2n) is 6.09. The fraction of sp³-hybridized carbons (Fsp3) is 0.176. The molecule has 2 heterocycles. The summed E-state index contributed by atoms with van der Waals surface area (Å²) in [6.07, 6.45) is -3.85. The normalized spacial score (nSPS) is 19.4. The van der Waals surface area contributed by atoms with Crippen LogP contribution in [0.4, 0.5) is 13.2 Å². The largest absolute Gasteiger partial charge is 0.435 e. The molecule has 2 aromatic carbocycles. The first-order chi connectivity index (χ1) is 13.3. The number of hydrogen-bond acceptors (Lipinski definition) is 5. The second kappa shape index (κ2) is 6.75. The molecule has 0 unspecified atom stereocenters. The molecule has 6 nitrogen and oxygen atoms in total. The SMILES string of the molecule is FC(F)(F)[C@@]1(c2cc(Cl)cc(Cl)c2)CC(c2ccc(-n3cnnn3)cc2)=NO1. The molecule has 144 valence electrons. The van der Waals surface area contributed by atoms with Crippen LogP contribution in [0.5, 0.6) is 0 Å². The highest BCUT2D eigenvalue weighted by molar-refractivity contribution is 6.34. The molecule has 11 heteroatoms. The maximum Gasteiger partial charge on any atom is 0.435 e. The molecule has 28 heavy (non-hydrogen) atoms. The van der Waals surface area contributed by atoms with E-state index in [9.17, 15) is 13.2 Å². The molecule has 0 saturated carbocycles. The van der Waals surface area contributed by atoms with Gasteiger partial charge >= 0.3 is 6.18 Å². The summed E-state index contributed by atoms with van der Waals surface area (Å²) in [5, 5.41) is 14.7. The number of halogens is 5. The third kappa shape index (κ3) is 3.20. The Morgan fingerprint density at radius 2 is 1.71 bits per heavy atom. The number of alkyl halides is 3. The van der Waals surface area contributed by atoms with E-state index in [0.29, 0.717) is 11.3 Å². The standard InChI is InChI=1S/C17H10Cl2F3N5O/c18-12-5-11(6-13(19)7-12)16(17(20,21)22)8-15(24-28-16)10-1-3-14(4-2-10)27-9-23-25-26-27/h1-7,9H,8H2/t16-/m0/s1. The Balaban J connectivity index is 1.67. The minimum absolute atomic E-state index is 0.0777. The molecule has 1 atom stereocenters. The van der Waals surface area contributed by atoms with Crippen molar-refractivity contribution in [2.24, 2.45) is 5.16 Å². The Kier molecular flexibility index (Phi) is 4.51. The van der Waals surface area contributed by atoms with Gasteiger partial charge in [0.05, 0.1) is 11.4 Å². The van der Waals surface area contributed by atoms with E-state index in [1.54, 1.807) is 24.3 Å². The van der Waals surface area contributed by atoms with Crippen LogP contribution in [0.1, 0.15) is 17.5 Å². The molecule has 0 radical (unpaired) electrons. The number of hydrogen-bond donors (Lipinski definition) is 0. The van der Waals surface area contributed by atoms with Crippen molar-refractivity contribution in [2.45, 2.75) is 18.2 Å². The third-order valence-corrected chi connectivity index (χ3v) is 4.77. The number of rotatable bonds is 3. The Hall–Kier alpha value is -2.65. The highest BCUT2D eigenvalue weighted by Gasteiger charge is 2.62. The summed E-state index contributed by atoms with van der Waals surface area (Å²) in [5.74, 6) is 0. The van der Waals surface area contributed by atoms with Gasteiger partial charge in [-0.3, -0.25) is 0 Å². The van der Waals surface area contributed by atoms with Crippen LogP contribution in [0.15, 0.2) is 53.9 Å². The summed E-state index contributed by atoms with van der Waals surface area (Å²) >= 11 is 11.8. The van der Waals surface area contributed by atoms with Gasteiger partial charge in [0.15, 0.2) is 0 Å². The number of oxime groups is 1. The molecule has 1 aromatic heterocycles. The minimum atomic E-state index is -4.74. The maximum atomic E-state index is 14.0. The van der Waals surface area contributed by atoms with Gasteiger partial charge in [0.25, 0.3) is 5.60 Å². The van der Waals surface area contributed by atoms with Crippen LogP contribution in [-0.4, -0.2) is 32.1 Å². The topological polar surface area (TPSA) is 65.2 Å². The molecular weight excluding hydrogens is 418 g/mol. The van der Waals surface area contributed by atoms with Crippen LogP contribution in [0.25, 0.3) is 5.69 Å². The lowest BCUT2D eigenvalue weighted by atomic mass is 9.86. The van der Waals surface area contributed by atoms with Crippen molar-refractivity contribution in [2.75, 3.05) is 0 Å². The zero-order valence-corrected chi connectivity index (χ0v) is 15.4. The van der Waals surface area contributed by atoms with E-state index in [2.05, 4.69) is 20.7 Å². The molecule has 0 spiro atoms. The van der Waals surface area contributed by atoms with Gasteiger partial charge in [-0.25, -0.2) is 4.68 Å². The second-order valence-corrected chi connectivity index (χ2v) is 6.96. The fourth-order valence-electron chi connectivity index (χ4n) is 2.93. The van der Waals surface area contributed by atoms with E-state index in [1.807, 2.05) is 0 Å². The monoisotopic (exact) mass is 427 g/mol. The first-order valence-electron chi connectivity index (χ1n) is 7.91. The molecule has 1 aliphatic rings. The van der Waals surface area contributed by atoms with Crippen molar-refractivity contribution in [1.29, 1.82) is 0 Å². The van der Waals surface area contributed by atoms with Crippen molar-refractivity contribution < 1.29 is 18.0 Å². The highest BCUT2D eigenvalue weighted by Crippen LogP contribution is 2.49. The molecule has 0 bridgehead atoms. The van der Waals surface area contributed by atoms with Crippen LogP contribution in [0.3, 0.4) is 0 Å². The van der Waals surface area contributed by atoms with E-state index in [1.165, 1.54) is 29.2 Å². The number of aromatic nitrogens is 4. The summed E-state index contributed by atoms with van der Waals surface area (Å²) in [7, 11) is 0. The number of nitrogens with zero attached hydrogens (tertiary/aromatic N) is 5. The van der Waals surface area contributed by atoms with Crippen molar-refractivity contribution >= 4 is 28.9 Å². The van der Waals surface area contributed by atoms with Crippen LogP contribution >= 0.6 is 23.2 Å². The molecule has 0 aliphatic carbocycles. The summed E-state index contributed by atoms with van der Waals surface area (Å²) in [4.78, 5) is 4.98. The summed E-state index contributed by atoms with van der Waals surface area (Å²) in [6.45, 7) is 0. The van der Waals surface area contributed by atoms with E-state index in [-0.39, 0.29) is 21.3 Å². The Bertz CT molecular complexity index is 1020. The first-order valence-corrected chi connectivity index (χ1v) is 8.66. The van der Waals surface area contributed by atoms with Gasteiger partial charge in [0.2, 0.25) is 0 Å². The molecule has 3 aromatic rings. The average Bonchev–Trinajstić information content (AvgIpc) is 3.31. The van der Waals surface area contributed by atoms with Crippen molar-refractivity contribution in [1.82, 2.24) is 20.2 Å². The van der Waals surface area contributed by atoms with Crippen molar-refractivity contribution in [3.8, 4) is 5.69 Å². The molecule has 1 aliphatic heterocycles. The molecule has 0 fully saturated rings. The lowest BCUT2D eigenvalue weighted by Gasteiger charge is -2.29. The molecule has 0 N–H and O–H groups in total. The molecule has 4 rings (SSSR count). The summed E-state index contributed by atoms with van der Waals surface area (Å²) < 4.78 is 43.4. The van der Waals surface area contributed by atoms with Gasteiger partial charge < -0.3 is 4.84 Å². The zero-order valence-electron chi connectivity index (χ0n) is 13.9. The fourth-order valence-corrected chi connectivity index (χ4v) is 3.46. The predicted molar refractivity (Wildman–Crippen MR) is 95.6 cm³/mol. The Morgan fingerprint density at radius 3 is 2.29 bits per heavy atom. The highest BCUT2D eigenvalue weighted by atomic mass is 35.5. The van der Waals surface area contributed by atoms with Gasteiger partial charge in [-0.2, -0.15) is 13.2 Å². The Morgan fingerprint density at radius 1 is 1.04 bits per heavy atom. The van der Waals surface area contributed by atoms with E-state index < -0.39 is 18.2 Å². The maximum absolute atomic E-state index is 14.0. The van der Waals surface area contributed by atoms with E-state index in [4.69, 9.17) is 28.0 Å². The van der Waals surface area contributed by atoms with Crippen LogP contribution in [0.2, 0.25) is 10.0 Å². The summed E-state index contributed by atoms with van der Waals surface area (Å²) in [5.41, 5.74) is -1.59. The Labute approximate surface area is 166 Å². The van der Waals surface area contributed by atoms with Crippen LogP contribution in [-0.2, 0) is 10.4 Å². The van der Waals surface area contributed by atoms with E-state index in [0.717, 1.165) is 0 Å². The smallest absolute Gasteiger partial charge is 0.374 e. The molecule has 0 saturated heterocycles. The quantitative estimate of drug-likeness (QED) is 0.614. The summed E-state index contributed by atoms with van der Waals surface area (Å²) in [6, 6.07) is 10.3. The molecule has 0 amide bonds. The lowest BCUT2D eigenvalue weighted by molar-refractivity contribution is -0.275. The average molecular weight is 428 g/mol. The van der Waals surface area contributed by atoms with Gasteiger partial charge in [-0.1, -0.05) is 40.5 Å². The number of benzene rings is 2. The number of tetrazole rings is 1. The zero-order chi connectivity index (χ0) is 19.9.